The van der Waals surface area contributed by atoms with Gasteiger partial charge in [0.15, 0.2) is 5.13 Å². The normalized spacial score (nSPS) is 12.2. The molecule has 0 aliphatic rings. The van der Waals surface area contributed by atoms with E-state index in [1.807, 2.05) is 63.2 Å². The summed E-state index contributed by atoms with van der Waals surface area (Å²) in [6, 6.07) is 11.5. The third-order valence-corrected chi connectivity index (χ3v) is 5.55. The molecule has 0 bridgehead atoms. The Bertz CT molecular complexity index is 1110. The van der Waals surface area contributed by atoms with Crippen molar-refractivity contribution in [3.8, 4) is 11.1 Å². The highest BCUT2D eigenvalue weighted by Crippen LogP contribution is 2.26. The molecule has 0 radical (unpaired) electrons. The highest BCUT2D eigenvalue weighted by Gasteiger charge is 2.17. The highest BCUT2D eigenvalue weighted by atomic mass is 32.1. The predicted octanol–water partition coefficient (Wildman–Crippen LogP) is 4.31. The number of aryl methyl sites for hydroxylation is 1. The van der Waals surface area contributed by atoms with E-state index in [2.05, 4.69) is 20.6 Å². The molecule has 1 unspecified atom stereocenters. The SMILES string of the molecule is Cc1cnc(NC(=O)C(C)c2cccc(-c3ccc(NC(=O)/C=C/CN(C)C)nc3)c2)s1. The van der Waals surface area contributed by atoms with Crippen molar-refractivity contribution in [3.63, 3.8) is 0 Å². The minimum Gasteiger partial charge on any atom is -0.307 e. The van der Waals surface area contributed by atoms with Crippen molar-refractivity contribution in [1.82, 2.24) is 14.9 Å². The fourth-order valence-corrected chi connectivity index (χ4v) is 3.61. The van der Waals surface area contributed by atoms with Crippen LogP contribution in [-0.4, -0.2) is 47.3 Å². The van der Waals surface area contributed by atoms with Crippen LogP contribution in [0.2, 0.25) is 0 Å². The first-order valence-electron chi connectivity index (χ1n) is 10.2. The van der Waals surface area contributed by atoms with E-state index in [1.165, 1.54) is 17.4 Å². The van der Waals surface area contributed by atoms with Crippen LogP contribution in [0.15, 0.2) is 60.9 Å². The number of hydrogen-bond acceptors (Lipinski definition) is 6. The number of likely N-dealkylation sites (N-methyl/N-ethyl adjacent to an activating group) is 1. The number of carbonyl (C=O) groups excluding carboxylic acids is 2. The van der Waals surface area contributed by atoms with Gasteiger partial charge < -0.3 is 15.5 Å². The number of amides is 2. The number of rotatable bonds is 8. The Hall–Kier alpha value is -3.36. The number of thiazole rings is 1. The van der Waals surface area contributed by atoms with Crippen LogP contribution >= 0.6 is 11.3 Å². The van der Waals surface area contributed by atoms with Gasteiger partial charge in [-0.15, -0.1) is 11.3 Å². The molecule has 2 N–H and O–H groups in total. The van der Waals surface area contributed by atoms with Crippen molar-refractivity contribution in [2.45, 2.75) is 19.8 Å². The number of nitrogens with zero attached hydrogens (tertiary/aromatic N) is 3. The number of nitrogens with one attached hydrogen (secondary N) is 2. The summed E-state index contributed by atoms with van der Waals surface area (Å²) in [5.74, 6) is -0.171. The lowest BCUT2D eigenvalue weighted by molar-refractivity contribution is -0.117. The van der Waals surface area contributed by atoms with E-state index in [0.29, 0.717) is 17.5 Å². The van der Waals surface area contributed by atoms with E-state index in [-0.39, 0.29) is 17.7 Å². The molecule has 8 heteroatoms. The number of pyridine rings is 1. The van der Waals surface area contributed by atoms with Gasteiger partial charge >= 0.3 is 0 Å². The van der Waals surface area contributed by atoms with Gasteiger partial charge in [0.1, 0.15) is 5.82 Å². The lowest BCUT2D eigenvalue weighted by atomic mass is 9.96. The van der Waals surface area contributed by atoms with Crippen LogP contribution in [0.3, 0.4) is 0 Å². The van der Waals surface area contributed by atoms with E-state index < -0.39 is 0 Å². The van der Waals surface area contributed by atoms with Crippen molar-refractivity contribution in [2.75, 3.05) is 31.3 Å². The van der Waals surface area contributed by atoms with Crippen LogP contribution in [0.1, 0.15) is 23.3 Å². The summed E-state index contributed by atoms with van der Waals surface area (Å²) in [5.41, 5.74) is 2.75. The summed E-state index contributed by atoms with van der Waals surface area (Å²) in [5, 5.41) is 6.23. The van der Waals surface area contributed by atoms with Crippen molar-refractivity contribution in [1.29, 1.82) is 0 Å². The molecule has 1 aromatic carbocycles. The molecule has 1 atom stereocenters. The summed E-state index contributed by atoms with van der Waals surface area (Å²) in [6.07, 6.45) is 6.74. The fraction of sp³-hybridized carbons (Fsp3) is 0.250. The molecular formula is C24H27N5O2S. The quantitative estimate of drug-likeness (QED) is 0.501. The lowest BCUT2D eigenvalue weighted by Gasteiger charge is -2.13. The molecule has 2 amide bonds. The molecule has 0 spiro atoms. The Morgan fingerprint density at radius 2 is 1.91 bits per heavy atom. The lowest BCUT2D eigenvalue weighted by Crippen LogP contribution is -2.18. The van der Waals surface area contributed by atoms with Crippen molar-refractivity contribution in [2.24, 2.45) is 0 Å². The van der Waals surface area contributed by atoms with E-state index in [0.717, 1.165) is 21.6 Å². The molecule has 0 saturated carbocycles. The second-order valence-electron chi connectivity index (χ2n) is 7.70. The molecule has 3 aromatic rings. The maximum absolute atomic E-state index is 12.6. The Morgan fingerprint density at radius 1 is 1.09 bits per heavy atom. The summed E-state index contributed by atoms with van der Waals surface area (Å²) < 4.78 is 0. The molecule has 2 aromatic heterocycles. The molecule has 0 saturated heterocycles. The maximum Gasteiger partial charge on any atom is 0.249 e. The minimum absolute atomic E-state index is 0.102. The van der Waals surface area contributed by atoms with E-state index in [1.54, 1.807) is 24.5 Å². The third kappa shape index (κ3) is 6.57. The van der Waals surface area contributed by atoms with Crippen LogP contribution in [0.25, 0.3) is 11.1 Å². The van der Waals surface area contributed by atoms with Crippen LogP contribution < -0.4 is 10.6 Å². The number of benzene rings is 1. The highest BCUT2D eigenvalue weighted by molar-refractivity contribution is 7.15. The van der Waals surface area contributed by atoms with Gasteiger partial charge in [-0.1, -0.05) is 30.3 Å². The molecule has 2 heterocycles. The first-order chi connectivity index (χ1) is 15.3. The number of aromatic nitrogens is 2. The first kappa shape index (κ1) is 23.3. The van der Waals surface area contributed by atoms with Crippen molar-refractivity contribution in [3.05, 3.63) is 71.4 Å². The number of anilines is 2. The Labute approximate surface area is 192 Å². The van der Waals surface area contributed by atoms with E-state index in [4.69, 9.17) is 0 Å². The van der Waals surface area contributed by atoms with Gasteiger partial charge in [-0.2, -0.15) is 0 Å². The van der Waals surface area contributed by atoms with E-state index >= 15 is 0 Å². The summed E-state index contributed by atoms with van der Waals surface area (Å²) in [6.45, 7) is 4.51. The Morgan fingerprint density at radius 3 is 2.56 bits per heavy atom. The third-order valence-electron chi connectivity index (χ3n) is 4.72. The largest absolute Gasteiger partial charge is 0.307 e. The van der Waals surface area contributed by atoms with Gasteiger partial charge in [-0.05, 0) is 51.2 Å². The van der Waals surface area contributed by atoms with Gasteiger partial charge in [0.2, 0.25) is 11.8 Å². The van der Waals surface area contributed by atoms with Gasteiger partial charge in [0.25, 0.3) is 0 Å². The van der Waals surface area contributed by atoms with E-state index in [9.17, 15) is 9.59 Å². The summed E-state index contributed by atoms with van der Waals surface area (Å²) in [4.78, 5) is 36.1. The summed E-state index contributed by atoms with van der Waals surface area (Å²) in [7, 11) is 3.87. The maximum atomic E-state index is 12.6. The molecule has 166 valence electrons. The average molecular weight is 450 g/mol. The molecule has 0 aliphatic heterocycles. The monoisotopic (exact) mass is 449 g/mol. The van der Waals surface area contributed by atoms with Gasteiger partial charge in [-0.25, -0.2) is 9.97 Å². The molecular weight excluding hydrogens is 422 g/mol. The number of carbonyl (C=O) groups is 2. The first-order valence-corrected chi connectivity index (χ1v) is 11.1. The molecule has 3 rings (SSSR count). The predicted molar refractivity (Wildman–Crippen MR) is 130 cm³/mol. The van der Waals surface area contributed by atoms with Gasteiger partial charge in [-0.3, -0.25) is 9.59 Å². The van der Waals surface area contributed by atoms with Crippen LogP contribution in [0.5, 0.6) is 0 Å². The van der Waals surface area contributed by atoms with Gasteiger partial charge in [0, 0.05) is 35.5 Å². The number of hydrogen-bond donors (Lipinski definition) is 2. The molecule has 32 heavy (non-hydrogen) atoms. The topological polar surface area (TPSA) is 87.2 Å². The van der Waals surface area contributed by atoms with Crippen LogP contribution in [-0.2, 0) is 9.59 Å². The van der Waals surface area contributed by atoms with Crippen LogP contribution in [0, 0.1) is 6.92 Å². The summed E-state index contributed by atoms with van der Waals surface area (Å²) >= 11 is 1.45. The zero-order valence-corrected chi connectivity index (χ0v) is 19.4. The minimum atomic E-state index is -0.334. The second-order valence-corrected chi connectivity index (χ2v) is 8.93. The zero-order valence-electron chi connectivity index (χ0n) is 18.6. The smallest absolute Gasteiger partial charge is 0.249 e. The Kier molecular flexibility index (Phi) is 7.86. The van der Waals surface area contributed by atoms with Crippen molar-refractivity contribution >= 4 is 34.1 Å². The van der Waals surface area contributed by atoms with Gasteiger partial charge in [0.05, 0.1) is 5.92 Å². The van der Waals surface area contributed by atoms with Crippen LogP contribution in [0.4, 0.5) is 10.9 Å². The second kappa shape index (κ2) is 10.8. The average Bonchev–Trinajstić information content (AvgIpc) is 3.18. The molecule has 7 nitrogen and oxygen atoms in total. The standard InChI is InChI=1S/C24H27N5O2S/c1-16-14-26-24(32-16)28-23(31)17(2)18-7-5-8-19(13-18)20-10-11-21(25-15-20)27-22(30)9-6-12-29(3)4/h5-11,13-15,17H,12H2,1-4H3,(H,25,27,30)(H,26,28,31)/b9-6+. The fourth-order valence-electron chi connectivity index (χ4n) is 2.94. The molecule has 0 fully saturated rings. The molecule has 0 aliphatic carbocycles. The zero-order chi connectivity index (χ0) is 23.1. The van der Waals surface area contributed by atoms with Crippen molar-refractivity contribution < 1.29 is 9.59 Å². The Balaban J connectivity index is 1.66.